The van der Waals surface area contributed by atoms with Crippen LogP contribution in [-0.2, 0) is 10.3 Å². The summed E-state index contributed by atoms with van der Waals surface area (Å²) in [5, 5.41) is 10.7. The molecule has 0 atom stereocenters. The molecule has 8 nitrogen and oxygen atoms in total. The van der Waals surface area contributed by atoms with Crippen molar-refractivity contribution in [1.82, 2.24) is 24.6 Å². The Kier molecular flexibility index (Phi) is 5.26. The van der Waals surface area contributed by atoms with E-state index in [9.17, 15) is 4.79 Å². The molecule has 4 rings (SSSR count). The summed E-state index contributed by atoms with van der Waals surface area (Å²) in [7, 11) is 0. The van der Waals surface area contributed by atoms with Crippen LogP contribution in [0.4, 0.5) is 11.6 Å². The molecule has 1 amide bonds. The molecular formula is C20H27N7OS. The normalized spacial score (nSPS) is 15.8. The fourth-order valence-electron chi connectivity index (χ4n) is 3.63. The van der Waals surface area contributed by atoms with Crippen molar-refractivity contribution in [2.75, 3.05) is 42.9 Å². The highest BCUT2D eigenvalue weighted by atomic mass is 32.1. The van der Waals surface area contributed by atoms with Gasteiger partial charge in [0.2, 0.25) is 5.91 Å². The Morgan fingerprint density at radius 3 is 2.69 bits per heavy atom. The Hall–Kier alpha value is -2.52. The van der Waals surface area contributed by atoms with Crippen LogP contribution in [0.5, 0.6) is 0 Å². The van der Waals surface area contributed by atoms with Gasteiger partial charge in [0.15, 0.2) is 0 Å². The third kappa shape index (κ3) is 4.25. The molecule has 154 valence electrons. The van der Waals surface area contributed by atoms with Gasteiger partial charge in [-0.3, -0.25) is 9.69 Å². The van der Waals surface area contributed by atoms with Gasteiger partial charge >= 0.3 is 0 Å². The average Bonchev–Trinajstić information content (AvgIpc) is 3.28. The van der Waals surface area contributed by atoms with Crippen molar-refractivity contribution in [2.24, 2.45) is 0 Å². The Bertz CT molecular complexity index is 1010. The SMILES string of the molecule is Cc1cc(NC(=O)CN2CCN(c3ncnc4sccc34)CC2)n(C(C)(C)C)n1. The van der Waals surface area contributed by atoms with Crippen molar-refractivity contribution in [2.45, 2.75) is 33.2 Å². The first-order valence-corrected chi connectivity index (χ1v) is 10.7. The van der Waals surface area contributed by atoms with E-state index in [0.717, 1.165) is 53.7 Å². The van der Waals surface area contributed by atoms with E-state index < -0.39 is 0 Å². The smallest absolute Gasteiger partial charge is 0.239 e. The number of carbonyl (C=O) groups excluding carboxylic acids is 1. The van der Waals surface area contributed by atoms with Crippen molar-refractivity contribution in [1.29, 1.82) is 0 Å². The van der Waals surface area contributed by atoms with Gasteiger partial charge in [-0.1, -0.05) is 0 Å². The molecule has 29 heavy (non-hydrogen) atoms. The molecule has 0 aliphatic carbocycles. The number of nitrogens with one attached hydrogen (secondary N) is 1. The first-order valence-electron chi connectivity index (χ1n) is 9.84. The molecule has 1 aliphatic rings. The van der Waals surface area contributed by atoms with E-state index in [1.165, 1.54) is 0 Å². The summed E-state index contributed by atoms with van der Waals surface area (Å²) < 4.78 is 1.87. The minimum atomic E-state index is -0.187. The number of piperazine rings is 1. The maximum Gasteiger partial charge on any atom is 0.239 e. The van der Waals surface area contributed by atoms with Crippen LogP contribution in [0.3, 0.4) is 0 Å². The predicted molar refractivity (Wildman–Crippen MR) is 117 cm³/mol. The van der Waals surface area contributed by atoms with Gasteiger partial charge in [-0.25, -0.2) is 14.6 Å². The van der Waals surface area contributed by atoms with Crippen LogP contribution in [0, 0.1) is 6.92 Å². The summed E-state index contributed by atoms with van der Waals surface area (Å²) in [5.74, 6) is 1.73. The van der Waals surface area contributed by atoms with Crippen LogP contribution in [-0.4, -0.2) is 63.3 Å². The quantitative estimate of drug-likeness (QED) is 0.709. The van der Waals surface area contributed by atoms with Gasteiger partial charge in [-0.15, -0.1) is 11.3 Å². The number of anilines is 2. The van der Waals surface area contributed by atoms with Gasteiger partial charge < -0.3 is 10.2 Å². The standard InChI is InChI=1S/C20H27N7OS/c1-14-11-16(27(24-14)20(2,3)4)23-17(28)12-25-6-8-26(9-7-25)18-15-5-10-29-19(15)22-13-21-18/h5,10-11,13H,6-9,12H2,1-4H3,(H,23,28). The molecule has 1 N–H and O–H groups in total. The monoisotopic (exact) mass is 413 g/mol. The van der Waals surface area contributed by atoms with Crippen LogP contribution in [0.25, 0.3) is 10.2 Å². The summed E-state index contributed by atoms with van der Waals surface area (Å²) in [6.45, 7) is 11.9. The van der Waals surface area contributed by atoms with E-state index in [0.29, 0.717) is 6.54 Å². The number of hydrogen-bond donors (Lipinski definition) is 1. The molecule has 0 unspecified atom stereocenters. The Labute approximate surface area is 174 Å². The van der Waals surface area contributed by atoms with E-state index in [2.05, 4.69) is 57.0 Å². The molecule has 0 spiro atoms. The number of rotatable bonds is 4. The second-order valence-corrected chi connectivity index (χ2v) is 9.30. The molecule has 1 fully saturated rings. The van der Waals surface area contributed by atoms with Crippen LogP contribution in [0.2, 0.25) is 0 Å². The van der Waals surface area contributed by atoms with Gasteiger partial charge in [0.1, 0.15) is 22.8 Å². The topological polar surface area (TPSA) is 79.2 Å². The summed E-state index contributed by atoms with van der Waals surface area (Å²) >= 11 is 1.63. The summed E-state index contributed by atoms with van der Waals surface area (Å²) in [6, 6.07) is 4.00. The number of thiophene rings is 1. The minimum Gasteiger partial charge on any atom is -0.353 e. The van der Waals surface area contributed by atoms with E-state index in [4.69, 9.17) is 0 Å². The lowest BCUT2D eigenvalue weighted by atomic mass is 10.1. The molecular weight excluding hydrogens is 386 g/mol. The van der Waals surface area contributed by atoms with Crippen LogP contribution < -0.4 is 10.2 Å². The molecule has 0 saturated carbocycles. The van der Waals surface area contributed by atoms with Gasteiger partial charge in [-0.05, 0) is 39.1 Å². The van der Waals surface area contributed by atoms with E-state index in [1.54, 1.807) is 17.7 Å². The highest BCUT2D eigenvalue weighted by Gasteiger charge is 2.23. The van der Waals surface area contributed by atoms with Gasteiger partial charge in [0.25, 0.3) is 0 Å². The lowest BCUT2D eigenvalue weighted by Crippen LogP contribution is -2.49. The maximum absolute atomic E-state index is 12.6. The lowest BCUT2D eigenvalue weighted by molar-refractivity contribution is -0.117. The van der Waals surface area contributed by atoms with Crippen molar-refractivity contribution in [3.05, 3.63) is 29.5 Å². The number of hydrogen-bond acceptors (Lipinski definition) is 7. The highest BCUT2D eigenvalue weighted by molar-refractivity contribution is 7.16. The molecule has 0 bridgehead atoms. The lowest BCUT2D eigenvalue weighted by Gasteiger charge is -2.35. The van der Waals surface area contributed by atoms with E-state index in [-0.39, 0.29) is 11.4 Å². The van der Waals surface area contributed by atoms with Crippen molar-refractivity contribution >= 4 is 39.1 Å². The zero-order valence-corrected chi connectivity index (χ0v) is 18.2. The van der Waals surface area contributed by atoms with E-state index in [1.807, 2.05) is 23.1 Å². The number of fused-ring (bicyclic) bond motifs is 1. The van der Waals surface area contributed by atoms with Gasteiger partial charge in [0.05, 0.1) is 23.2 Å². The molecule has 1 aliphatic heterocycles. The maximum atomic E-state index is 12.6. The van der Waals surface area contributed by atoms with Crippen LogP contribution in [0.15, 0.2) is 23.8 Å². The van der Waals surface area contributed by atoms with Crippen molar-refractivity contribution < 1.29 is 4.79 Å². The second-order valence-electron chi connectivity index (χ2n) is 8.40. The number of carbonyl (C=O) groups is 1. The third-order valence-corrected chi connectivity index (χ3v) is 5.83. The molecule has 9 heteroatoms. The molecule has 0 radical (unpaired) electrons. The first kappa shape index (κ1) is 19.8. The summed E-state index contributed by atoms with van der Waals surface area (Å²) in [5.41, 5.74) is 0.709. The Morgan fingerprint density at radius 1 is 1.21 bits per heavy atom. The fourth-order valence-corrected chi connectivity index (χ4v) is 4.36. The number of aromatic nitrogens is 4. The van der Waals surface area contributed by atoms with Gasteiger partial charge in [-0.2, -0.15) is 5.10 Å². The largest absolute Gasteiger partial charge is 0.353 e. The number of nitrogens with zero attached hydrogens (tertiary/aromatic N) is 6. The third-order valence-electron chi connectivity index (χ3n) is 5.01. The van der Waals surface area contributed by atoms with Crippen molar-refractivity contribution in [3.8, 4) is 0 Å². The van der Waals surface area contributed by atoms with Crippen molar-refractivity contribution in [3.63, 3.8) is 0 Å². The molecule has 4 heterocycles. The zero-order chi connectivity index (χ0) is 20.6. The van der Waals surface area contributed by atoms with Crippen LogP contribution >= 0.6 is 11.3 Å². The second kappa shape index (κ2) is 7.72. The summed E-state index contributed by atoms with van der Waals surface area (Å²) in [4.78, 5) is 26.9. The Balaban J connectivity index is 1.35. The molecule has 3 aromatic rings. The predicted octanol–water partition coefficient (Wildman–Crippen LogP) is 2.71. The first-order chi connectivity index (χ1) is 13.8. The number of aryl methyl sites for hydroxylation is 1. The fraction of sp³-hybridized carbons (Fsp3) is 0.500. The van der Waals surface area contributed by atoms with E-state index >= 15 is 0 Å². The molecule has 1 saturated heterocycles. The molecule has 0 aromatic carbocycles. The highest BCUT2D eigenvalue weighted by Crippen LogP contribution is 2.27. The zero-order valence-electron chi connectivity index (χ0n) is 17.3. The Morgan fingerprint density at radius 2 is 1.97 bits per heavy atom. The average molecular weight is 414 g/mol. The van der Waals surface area contributed by atoms with Crippen LogP contribution in [0.1, 0.15) is 26.5 Å². The summed E-state index contributed by atoms with van der Waals surface area (Å²) in [6.07, 6.45) is 1.63. The minimum absolute atomic E-state index is 0.00823. The molecule has 3 aromatic heterocycles. The number of amides is 1. The van der Waals surface area contributed by atoms with Gasteiger partial charge in [0, 0.05) is 32.2 Å².